The third kappa shape index (κ3) is 2.55. The Bertz CT molecular complexity index is 450. The second kappa shape index (κ2) is 5.39. The minimum Gasteiger partial charge on any atom is -0.486 e. The summed E-state index contributed by atoms with van der Waals surface area (Å²) in [5, 5.41) is 0. The van der Waals surface area contributed by atoms with Crippen molar-refractivity contribution in [2.75, 3.05) is 39.9 Å². The highest BCUT2D eigenvalue weighted by Gasteiger charge is 2.28. The van der Waals surface area contributed by atoms with E-state index >= 15 is 0 Å². The van der Waals surface area contributed by atoms with Gasteiger partial charge in [0.05, 0.1) is 0 Å². The number of fused-ring (bicyclic) bond motifs is 1. The van der Waals surface area contributed by atoms with Crippen LogP contribution in [0.15, 0.2) is 18.2 Å². The van der Waals surface area contributed by atoms with Gasteiger partial charge in [0.15, 0.2) is 11.5 Å². The second-order valence-corrected chi connectivity index (χ2v) is 5.56. The number of rotatable bonds is 2. The highest BCUT2D eigenvalue weighted by molar-refractivity contribution is 5.45. The van der Waals surface area contributed by atoms with E-state index in [1.165, 1.54) is 5.56 Å². The summed E-state index contributed by atoms with van der Waals surface area (Å²) < 4.78 is 11.3. The molecule has 0 spiro atoms. The van der Waals surface area contributed by atoms with Crippen molar-refractivity contribution in [3.63, 3.8) is 0 Å². The zero-order valence-corrected chi connectivity index (χ0v) is 11.5. The Morgan fingerprint density at radius 2 is 2.05 bits per heavy atom. The number of piperidine rings is 1. The number of nitrogens with two attached hydrogens (primary N) is 1. The first-order valence-corrected chi connectivity index (χ1v) is 7.06. The molecule has 4 heteroatoms. The zero-order valence-electron chi connectivity index (χ0n) is 11.5. The van der Waals surface area contributed by atoms with Crippen molar-refractivity contribution >= 4 is 0 Å². The van der Waals surface area contributed by atoms with Crippen LogP contribution in [0.2, 0.25) is 0 Å². The summed E-state index contributed by atoms with van der Waals surface area (Å²) in [7, 11) is 2.17. The van der Waals surface area contributed by atoms with E-state index < -0.39 is 0 Å². The van der Waals surface area contributed by atoms with E-state index in [0.29, 0.717) is 25.0 Å². The molecule has 2 aliphatic heterocycles. The monoisotopic (exact) mass is 262 g/mol. The van der Waals surface area contributed by atoms with Crippen molar-refractivity contribution in [3.05, 3.63) is 23.8 Å². The van der Waals surface area contributed by atoms with Gasteiger partial charge >= 0.3 is 0 Å². The van der Waals surface area contributed by atoms with Gasteiger partial charge in [-0.15, -0.1) is 0 Å². The van der Waals surface area contributed by atoms with E-state index in [1.54, 1.807) is 0 Å². The lowest BCUT2D eigenvalue weighted by Gasteiger charge is -2.36. The van der Waals surface area contributed by atoms with Gasteiger partial charge in [-0.2, -0.15) is 0 Å². The number of ether oxygens (including phenoxy) is 2. The zero-order chi connectivity index (χ0) is 13.2. The molecule has 0 saturated carbocycles. The van der Waals surface area contributed by atoms with Gasteiger partial charge in [-0.1, -0.05) is 6.07 Å². The van der Waals surface area contributed by atoms with E-state index in [9.17, 15) is 0 Å². The third-order valence-corrected chi connectivity index (χ3v) is 4.23. The molecule has 1 aromatic rings. The SMILES string of the molecule is CN1CCC(c2ccc3c(c2)OCCO3)C(CN)C1. The fraction of sp³-hybridized carbons (Fsp3) is 0.600. The number of nitrogens with zero attached hydrogens (tertiary/aromatic N) is 1. The van der Waals surface area contributed by atoms with E-state index in [4.69, 9.17) is 15.2 Å². The molecule has 2 N–H and O–H groups in total. The molecule has 0 aromatic heterocycles. The van der Waals surface area contributed by atoms with Crippen LogP contribution in [0.1, 0.15) is 17.9 Å². The molecule has 0 bridgehead atoms. The number of hydrogen-bond donors (Lipinski definition) is 1. The average molecular weight is 262 g/mol. The maximum atomic E-state index is 5.95. The van der Waals surface area contributed by atoms with Gasteiger partial charge in [-0.25, -0.2) is 0 Å². The summed E-state index contributed by atoms with van der Waals surface area (Å²) in [4.78, 5) is 2.37. The molecule has 0 aliphatic carbocycles. The number of likely N-dealkylation sites (tertiary alicyclic amines) is 1. The summed E-state index contributed by atoms with van der Waals surface area (Å²) in [5.41, 5.74) is 7.29. The topological polar surface area (TPSA) is 47.7 Å². The standard InChI is InChI=1S/C15H22N2O2/c1-17-5-4-13(12(9-16)10-17)11-2-3-14-15(8-11)19-7-6-18-14/h2-3,8,12-13H,4-7,9-10,16H2,1H3. The molecule has 0 amide bonds. The smallest absolute Gasteiger partial charge is 0.161 e. The second-order valence-electron chi connectivity index (χ2n) is 5.56. The van der Waals surface area contributed by atoms with Crippen LogP contribution in [0.5, 0.6) is 11.5 Å². The fourth-order valence-electron chi connectivity index (χ4n) is 3.18. The van der Waals surface area contributed by atoms with Gasteiger partial charge in [0.25, 0.3) is 0 Å². The Hall–Kier alpha value is -1.26. The van der Waals surface area contributed by atoms with Crippen molar-refractivity contribution in [1.82, 2.24) is 4.90 Å². The molecular formula is C15H22N2O2. The lowest BCUT2D eigenvalue weighted by molar-refractivity contribution is 0.169. The number of benzene rings is 1. The largest absolute Gasteiger partial charge is 0.486 e. The first-order chi connectivity index (χ1) is 9.28. The lowest BCUT2D eigenvalue weighted by atomic mass is 9.80. The summed E-state index contributed by atoms with van der Waals surface area (Å²) in [6.07, 6.45) is 1.16. The normalized spacial score (nSPS) is 27.3. The number of hydrogen-bond acceptors (Lipinski definition) is 4. The van der Waals surface area contributed by atoms with Gasteiger partial charge in [0.2, 0.25) is 0 Å². The average Bonchev–Trinajstić information content (AvgIpc) is 2.46. The molecule has 3 rings (SSSR count). The maximum absolute atomic E-state index is 5.95. The summed E-state index contributed by atoms with van der Waals surface area (Å²) in [6, 6.07) is 6.36. The predicted octanol–water partition coefficient (Wildman–Crippen LogP) is 1.45. The van der Waals surface area contributed by atoms with Crippen LogP contribution in [0, 0.1) is 5.92 Å². The third-order valence-electron chi connectivity index (χ3n) is 4.23. The van der Waals surface area contributed by atoms with Crippen molar-refractivity contribution in [2.24, 2.45) is 11.7 Å². The highest BCUT2D eigenvalue weighted by Crippen LogP contribution is 2.38. The predicted molar refractivity (Wildman–Crippen MR) is 74.8 cm³/mol. The molecule has 2 atom stereocenters. The fourth-order valence-corrected chi connectivity index (χ4v) is 3.18. The van der Waals surface area contributed by atoms with Gasteiger partial charge in [0.1, 0.15) is 13.2 Å². The Balaban J connectivity index is 1.84. The summed E-state index contributed by atoms with van der Waals surface area (Å²) in [5.74, 6) is 2.82. The van der Waals surface area contributed by atoms with Gasteiger partial charge in [0, 0.05) is 6.54 Å². The molecule has 2 aliphatic rings. The molecule has 2 heterocycles. The first kappa shape index (κ1) is 12.8. The van der Waals surface area contributed by atoms with Crippen molar-refractivity contribution in [1.29, 1.82) is 0 Å². The highest BCUT2D eigenvalue weighted by atomic mass is 16.6. The Kier molecular flexibility index (Phi) is 3.62. The summed E-state index contributed by atoms with van der Waals surface area (Å²) >= 11 is 0. The molecule has 0 radical (unpaired) electrons. The Morgan fingerprint density at radius 3 is 2.84 bits per heavy atom. The van der Waals surface area contributed by atoms with Crippen molar-refractivity contribution in [2.45, 2.75) is 12.3 Å². The quantitative estimate of drug-likeness (QED) is 0.876. The summed E-state index contributed by atoms with van der Waals surface area (Å²) in [6.45, 7) is 4.24. The van der Waals surface area contributed by atoms with Gasteiger partial charge < -0.3 is 20.1 Å². The van der Waals surface area contributed by atoms with Crippen LogP contribution >= 0.6 is 0 Å². The van der Waals surface area contributed by atoms with E-state index in [1.807, 2.05) is 6.07 Å². The molecule has 1 fully saturated rings. The lowest BCUT2D eigenvalue weighted by Crippen LogP contribution is -2.40. The molecule has 4 nitrogen and oxygen atoms in total. The van der Waals surface area contributed by atoms with Crippen LogP contribution in [0.25, 0.3) is 0 Å². The van der Waals surface area contributed by atoms with Crippen molar-refractivity contribution in [3.8, 4) is 11.5 Å². The molecule has 19 heavy (non-hydrogen) atoms. The first-order valence-electron chi connectivity index (χ1n) is 7.06. The van der Waals surface area contributed by atoms with E-state index in [-0.39, 0.29) is 0 Å². The van der Waals surface area contributed by atoms with Crippen molar-refractivity contribution < 1.29 is 9.47 Å². The van der Waals surface area contributed by atoms with Crippen LogP contribution in [0.3, 0.4) is 0 Å². The molecular weight excluding hydrogens is 240 g/mol. The molecule has 1 saturated heterocycles. The Morgan fingerprint density at radius 1 is 1.26 bits per heavy atom. The van der Waals surface area contributed by atoms with Gasteiger partial charge in [-0.05, 0) is 56.1 Å². The Labute approximate surface area is 114 Å². The van der Waals surface area contributed by atoms with Crippen LogP contribution in [0.4, 0.5) is 0 Å². The minimum absolute atomic E-state index is 0.529. The van der Waals surface area contributed by atoms with Crippen LogP contribution in [-0.4, -0.2) is 44.8 Å². The van der Waals surface area contributed by atoms with Gasteiger partial charge in [-0.3, -0.25) is 0 Å². The molecule has 1 aromatic carbocycles. The maximum Gasteiger partial charge on any atom is 0.161 e. The van der Waals surface area contributed by atoms with Crippen LogP contribution in [-0.2, 0) is 0 Å². The molecule has 2 unspecified atom stereocenters. The molecule has 104 valence electrons. The minimum atomic E-state index is 0.529. The van der Waals surface area contributed by atoms with Crippen LogP contribution < -0.4 is 15.2 Å². The van der Waals surface area contributed by atoms with E-state index in [2.05, 4.69) is 24.1 Å². The van der Waals surface area contributed by atoms with E-state index in [0.717, 1.165) is 37.6 Å².